The molecule has 1 aliphatic heterocycles. The summed E-state index contributed by atoms with van der Waals surface area (Å²) in [5.41, 5.74) is 1.05. The van der Waals surface area contributed by atoms with Crippen molar-refractivity contribution < 1.29 is 14.3 Å². The lowest BCUT2D eigenvalue weighted by Gasteiger charge is -2.16. The Balaban J connectivity index is 1.69. The smallest absolute Gasteiger partial charge is 0.299 e. The van der Waals surface area contributed by atoms with Gasteiger partial charge in [0.25, 0.3) is 11.7 Å². The molecule has 0 radical (unpaired) electrons. The maximum absolute atomic E-state index is 12.0. The van der Waals surface area contributed by atoms with E-state index in [1.165, 1.54) is 4.90 Å². The van der Waals surface area contributed by atoms with Crippen molar-refractivity contribution in [3.63, 3.8) is 0 Å². The molecular weight excluding hydrogens is 370 g/mol. The number of carbonyl (C=O) groups is 2. The number of hydrogen-bond acceptors (Lipinski definition) is 3. The predicted octanol–water partition coefficient (Wildman–Crippen LogP) is 3.71. The van der Waals surface area contributed by atoms with Gasteiger partial charge in [-0.05, 0) is 42.5 Å². The molecular formula is C16H11BrClNO3. The highest BCUT2D eigenvalue weighted by molar-refractivity contribution is 9.10. The molecule has 2 aromatic rings. The molecule has 6 heteroatoms. The number of ketones is 1. The summed E-state index contributed by atoms with van der Waals surface area (Å²) in [4.78, 5) is 25.5. The summed E-state index contributed by atoms with van der Waals surface area (Å²) in [7, 11) is 0. The van der Waals surface area contributed by atoms with Gasteiger partial charge in [-0.25, -0.2) is 0 Å². The third-order valence-electron chi connectivity index (χ3n) is 3.33. The maximum Gasteiger partial charge on any atom is 0.299 e. The summed E-state index contributed by atoms with van der Waals surface area (Å²) in [6, 6.07) is 12.2. The number of rotatable bonds is 4. The van der Waals surface area contributed by atoms with Gasteiger partial charge in [0.05, 0.1) is 17.8 Å². The molecule has 0 fully saturated rings. The van der Waals surface area contributed by atoms with E-state index in [1.807, 2.05) is 0 Å². The van der Waals surface area contributed by atoms with Gasteiger partial charge in [0.2, 0.25) is 0 Å². The highest BCUT2D eigenvalue weighted by atomic mass is 79.9. The minimum atomic E-state index is -0.521. The molecule has 0 saturated carbocycles. The minimum Gasteiger partial charge on any atom is -0.492 e. The predicted molar refractivity (Wildman–Crippen MR) is 87.8 cm³/mol. The molecule has 1 amide bonds. The van der Waals surface area contributed by atoms with Gasteiger partial charge in [0.1, 0.15) is 12.4 Å². The van der Waals surface area contributed by atoms with Gasteiger partial charge in [-0.1, -0.05) is 27.5 Å². The lowest BCUT2D eigenvalue weighted by atomic mass is 10.1. The quantitative estimate of drug-likeness (QED) is 0.760. The van der Waals surface area contributed by atoms with Crippen LogP contribution in [0, 0.1) is 0 Å². The lowest BCUT2D eigenvalue weighted by Crippen LogP contribution is -2.33. The van der Waals surface area contributed by atoms with Crippen LogP contribution in [-0.2, 0) is 4.79 Å². The van der Waals surface area contributed by atoms with Crippen LogP contribution in [0.2, 0.25) is 5.02 Å². The first kappa shape index (κ1) is 15.1. The Hall–Kier alpha value is -1.85. The molecule has 0 N–H and O–H groups in total. The van der Waals surface area contributed by atoms with Crippen molar-refractivity contribution in [2.24, 2.45) is 0 Å². The Labute approximate surface area is 140 Å². The van der Waals surface area contributed by atoms with Gasteiger partial charge in [-0.3, -0.25) is 9.59 Å². The summed E-state index contributed by atoms with van der Waals surface area (Å²) in [5.74, 6) is -0.339. The number of ether oxygens (including phenoxy) is 1. The number of halogens is 2. The van der Waals surface area contributed by atoms with E-state index in [0.717, 1.165) is 4.47 Å². The molecule has 112 valence electrons. The summed E-state index contributed by atoms with van der Waals surface area (Å²) in [6.07, 6.45) is 0. The number of carbonyl (C=O) groups excluding carboxylic acids is 2. The fraction of sp³-hybridized carbons (Fsp3) is 0.125. The number of nitrogens with zero attached hydrogens (tertiary/aromatic N) is 1. The summed E-state index contributed by atoms with van der Waals surface area (Å²) < 4.78 is 6.34. The molecule has 1 heterocycles. The van der Waals surface area contributed by atoms with Crippen LogP contribution < -0.4 is 9.64 Å². The minimum absolute atomic E-state index is 0.288. The SMILES string of the molecule is O=C1C(=O)N(CCOc2ccc(Cl)cc2)c2ccc(Br)cc21. The first-order valence-corrected chi connectivity index (χ1v) is 7.77. The largest absolute Gasteiger partial charge is 0.492 e. The molecule has 0 bridgehead atoms. The van der Waals surface area contributed by atoms with Crippen LogP contribution in [0.4, 0.5) is 5.69 Å². The maximum atomic E-state index is 12.0. The number of fused-ring (bicyclic) bond motifs is 1. The van der Waals surface area contributed by atoms with Crippen LogP contribution in [0.25, 0.3) is 0 Å². The number of amides is 1. The van der Waals surface area contributed by atoms with Crippen LogP contribution in [0.3, 0.4) is 0 Å². The van der Waals surface area contributed by atoms with E-state index >= 15 is 0 Å². The molecule has 1 aliphatic rings. The standard InChI is InChI=1S/C16H11BrClNO3/c17-10-1-6-14-13(9-10)15(20)16(21)19(14)7-8-22-12-4-2-11(18)3-5-12/h1-6,9H,7-8H2. The highest BCUT2D eigenvalue weighted by Gasteiger charge is 2.35. The van der Waals surface area contributed by atoms with Crippen molar-refractivity contribution in [3.8, 4) is 5.75 Å². The van der Waals surface area contributed by atoms with E-state index in [4.69, 9.17) is 16.3 Å². The summed E-state index contributed by atoms with van der Waals surface area (Å²) in [5, 5.41) is 0.632. The number of hydrogen-bond donors (Lipinski definition) is 0. The number of anilines is 1. The molecule has 0 unspecified atom stereocenters. The van der Waals surface area contributed by atoms with Crippen LogP contribution in [-0.4, -0.2) is 24.8 Å². The molecule has 0 aromatic heterocycles. The number of Topliss-reactive ketones (excluding diaryl/α,β-unsaturated/α-hetero) is 1. The van der Waals surface area contributed by atoms with Gasteiger partial charge in [-0.15, -0.1) is 0 Å². The second-order valence-electron chi connectivity index (χ2n) is 4.75. The molecule has 0 atom stereocenters. The first-order valence-electron chi connectivity index (χ1n) is 6.60. The van der Waals surface area contributed by atoms with Crippen molar-refractivity contribution in [2.45, 2.75) is 0 Å². The highest BCUT2D eigenvalue weighted by Crippen LogP contribution is 2.31. The topological polar surface area (TPSA) is 46.6 Å². The van der Waals surface area contributed by atoms with E-state index in [0.29, 0.717) is 28.6 Å². The van der Waals surface area contributed by atoms with E-state index in [1.54, 1.807) is 42.5 Å². The third kappa shape index (κ3) is 2.87. The monoisotopic (exact) mass is 379 g/mol. The zero-order valence-corrected chi connectivity index (χ0v) is 13.7. The van der Waals surface area contributed by atoms with Gasteiger partial charge in [-0.2, -0.15) is 0 Å². The Morgan fingerprint density at radius 2 is 1.82 bits per heavy atom. The van der Waals surface area contributed by atoms with Crippen molar-refractivity contribution in [1.82, 2.24) is 0 Å². The molecule has 0 saturated heterocycles. The van der Waals surface area contributed by atoms with Crippen molar-refractivity contribution in [1.29, 1.82) is 0 Å². The third-order valence-corrected chi connectivity index (χ3v) is 4.08. The Bertz CT molecular complexity index is 746. The Kier molecular flexibility index (Phi) is 4.18. The summed E-state index contributed by atoms with van der Waals surface area (Å²) >= 11 is 9.11. The van der Waals surface area contributed by atoms with Crippen molar-refractivity contribution in [2.75, 3.05) is 18.1 Å². The van der Waals surface area contributed by atoms with Crippen molar-refractivity contribution in [3.05, 3.63) is 57.5 Å². The second kappa shape index (κ2) is 6.10. The fourth-order valence-electron chi connectivity index (χ4n) is 2.28. The summed E-state index contributed by atoms with van der Waals surface area (Å²) in [6.45, 7) is 0.595. The van der Waals surface area contributed by atoms with Gasteiger partial charge < -0.3 is 9.64 Å². The average Bonchev–Trinajstić information content (AvgIpc) is 2.74. The molecule has 0 aliphatic carbocycles. The number of benzene rings is 2. The normalized spacial score (nSPS) is 13.5. The fourth-order valence-corrected chi connectivity index (χ4v) is 2.77. The molecule has 22 heavy (non-hydrogen) atoms. The van der Waals surface area contributed by atoms with Crippen LogP contribution in [0.1, 0.15) is 10.4 Å². The average molecular weight is 381 g/mol. The van der Waals surface area contributed by atoms with Gasteiger partial charge in [0, 0.05) is 9.50 Å². The van der Waals surface area contributed by atoms with Crippen molar-refractivity contribution >= 4 is 44.9 Å². The van der Waals surface area contributed by atoms with E-state index in [2.05, 4.69) is 15.9 Å². The molecule has 2 aromatic carbocycles. The van der Waals surface area contributed by atoms with Crippen LogP contribution in [0.15, 0.2) is 46.9 Å². The van der Waals surface area contributed by atoms with E-state index in [9.17, 15) is 9.59 Å². The Morgan fingerprint density at radius 1 is 1.09 bits per heavy atom. The van der Waals surface area contributed by atoms with Gasteiger partial charge in [0.15, 0.2) is 0 Å². The van der Waals surface area contributed by atoms with Crippen LogP contribution >= 0.6 is 27.5 Å². The molecule has 0 spiro atoms. The van der Waals surface area contributed by atoms with Crippen LogP contribution in [0.5, 0.6) is 5.75 Å². The molecule has 3 rings (SSSR count). The zero-order chi connectivity index (χ0) is 15.7. The van der Waals surface area contributed by atoms with E-state index < -0.39 is 11.7 Å². The molecule has 4 nitrogen and oxygen atoms in total. The first-order chi connectivity index (χ1) is 10.6. The van der Waals surface area contributed by atoms with Gasteiger partial charge >= 0.3 is 0 Å². The Morgan fingerprint density at radius 3 is 2.55 bits per heavy atom. The van der Waals surface area contributed by atoms with E-state index in [-0.39, 0.29) is 6.61 Å². The lowest BCUT2D eigenvalue weighted by molar-refractivity contribution is -0.114. The second-order valence-corrected chi connectivity index (χ2v) is 6.10. The zero-order valence-electron chi connectivity index (χ0n) is 11.4.